The van der Waals surface area contributed by atoms with E-state index in [1.807, 2.05) is 31.7 Å². The largest absolute Gasteiger partial charge is 0.444 e. The maximum Gasteiger partial charge on any atom is 0.410 e. The molecule has 0 bridgehead atoms. The lowest BCUT2D eigenvalue weighted by Gasteiger charge is -2.29. The molecule has 1 aliphatic rings. The Bertz CT molecular complexity index is 559. The van der Waals surface area contributed by atoms with Crippen LogP contribution >= 0.6 is 0 Å². The summed E-state index contributed by atoms with van der Waals surface area (Å²) in [7, 11) is 0. The van der Waals surface area contributed by atoms with Crippen molar-refractivity contribution in [1.29, 1.82) is 0 Å². The highest BCUT2D eigenvalue weighted by molar-refractivity contribution is 5.68. The fourth-order valence-corrected chi connectivity index (χ4v) is 3.19. The van der Waals surface area contributed by atoms with Crippen molar-refractivity contribution in [1.82, 2.24) is 14.7 Å². The molecule has 27 heavy (non-hydrogen) atoms. The summed E-state index contributed by atoms with van der Waals surface area (Å²) in [5.74, 6) is 0. The van der Waals surface area contributed by atoms with Crippen molar-refractivity contribution in [3.8, 4) is 0 Å². The van der Waals surface area contributed by atoms with Crippen LogP contribution in [0.2, 0.25) is 0 Å². The highest BCUT2D eigenvalue weighted by atomic mass is 16.6. The molecule has 1 amide bonds. The van der Waals surface area contributed by atoms with Gasteiger partial charge in [-0.15, -0.1) is 0 Å². The summed E-state index contributed by atoms with van der Waals surface area (Å²) in [6.45, 7) is 13.4. The molecule has 1 aromatic carbocycles. The summed E-state index contributed by atoms with van der Waals surface area (Å²) in [4.78, 5) is 19.3. The minimum Gasteiger partial charge on any atom is -0.444 e. The number of benzene rings is 1. The SMILES string of the molecule is CC(C)(C)OC(=O)N1CCN(CCCN)CCN(Cc2ccccc2)CC1. The highest BCUT2D eigenvalue weighted by Gasteiger charge is 2.24. The first-order valence-electron chi connectivity index (χ1n) is 10.0. The molecule has 0 aliphatic carbocycles. The van der Waals surface area contributed by atoms with Crippen LogP contribution < -0.4 is 5.73 Å². The smallest absolute Gasteiger partial charge is 0.410 e. The molecule has 1 saturated heterocycles. The molecular weight excluding hydrogens is 340 g/mol. The molecule has 0 aromatic heterocycles. The van der Waals surface area contributed by atoms with Crippen LogP contribution in [0.5, 0.6) is 0 Å². The Morgan fingerprint density at radius 3 is 2.22 bits per heavy atom. The van der Waals surface area contributed by atoms with Gasteiger partial charge in [-0.05, 0) is 45.8 Å². The van der Waals surface area contributed by atoms with Gasteiger partial charge in [0.15, 0.2) is 0 Å². The highest BCUT2D eigenvalue weighted by Crippen LogP contribution is 2.12. The predicted octanol–water partition coefficient (Wildman–Crippen LogP) is 2.39. The number of nitrogens with two attached hydrogens (primary N) is 1. The molecule has 1 aromatic rings. The Kier molecular flexibility index (Phi) is 8.54. The Balaban J connectivity index is 2.04. The quantitative estimate of drug-likeness (QED) is 0.855. The molecule has 6 heteroatoms. The van der Waals surface area contributed by atoms with E-state index in [0.717, 1.165) is 45.7 Å². The van der Waals surface area contributed by atoms with E-state index in [-0.39, 0.29) is 6.09 Å². The van der Waals surface area contributed by atoms with Gasteiger partial charge in [0.25, 0.3) is 0 Å². The number of nitrogens with zero attached hydrogens (tertiary/aromatic N) is 3. The van der Waals surface area contributed by atoms with E-state index in [1.165, 1.54) is 5.56 Å². The molecule has 0 unspecified atom stereocenters. The third-order valence-corrected chi connectivity index (χ3v) is 4.68. The van der Waals surface area contributed by atoms with Crippen molar-refractivity contribution < 1.29 is 9.53 Å². The molecule has 0 spiro atoms. The van der Waals surface area contributed by atoms with Gasteiger partial charge in [0.1, 0.15) is 5.60 Å². The monoisotopic (exact) mass is 376 g/mol. The fraction of sp³-hybridized carbons (Fsp3) is 0.667. The average molecular weight is 377 g/mol. The first kappa shape index (κ1) is 21.7. The van der Waals surface area contributed by atoms with Crippen LogP contribution in [0.25, 0.3) is 0 Å². The number of carbonyl (C=O) groups excluding carboxylic acids is 1. The van der Waals surface area contributed by atoms with Gasteiger partial charge in [-0.2, -0.15) is 0 Å². The lowest BCUT2D eigenvalue weighted by Crippen LogP contribution is -2.43. The summed E-state index contributed by atoms with van der Waals surface area (Å²) in [5, 5.41) is 0. The molecule has 0 saturated carbocycles. The van der Waals surface area contributed by atoms with Crippen molar-refractivity contribution >= 4 is 6.09 Å². The van der Waals surface area contributed by atoms with Crippen LogP contribution in [0.1, 0.15) is 32.8 Å². The molecule has 6 nitrogen and oxygen atoms in total. The van der Waals surface area contributed by atoms with Crippen molar-refractivity contribution in [3.05, 3.63) is 35.9 Å². The van der Waals surface area contributed by atoms with E-state index >= 15 is 0 Å². The number of ether oxygens (including phenoxy) is 1. The van der Waals surface area contributed by atoms with Gasteiger partial charge < -0.3 is 20.3 Å². The maximum atomic E-state index is 12.6. The summed E-state index contributed by atoms with van der Waals surface area (Å²) in [6, 6.07) is 10.5. The lowest BCUT2D eigenvalue weighted by atomic mass is 10.2. The topological polar surface area (TPSA) is 62.0 Å². The fourth-order valence-electron chi connectivity index (χ4n) is 3.19. The van der Waals surface area contributed by atoms with Crippen LogP contribution in [0.3, 0.4) is 0 Å². The molecule has 2 N–H and O–H groups in total. The van der Waals surface area contributed by atoms with E-state index in [4.69, 9.17) is 10.5 Å². The standard InChI is InChI=1S/C21H36N4O2/c1-21(2,3)27-20(26)25-16-14-23(11-7-10-22)12-13-24(15-17-25)18-19-8-5-4-6-9-19/h4-6,8-9H,7,10-18,22H2,1-3H3. The number of hydrogen-bond donors (Lipinski definition) is 1. The second-order valence-corrected chi connectivity index (χ2v) is 8.21. The zero-order valence-electron chi connectivity index (χ0n) is 17.2. The zero-order valence-corrected chi connectivity index (χ0v) is 17.2. The minimum atomic E-state index is -0.474. The normalized spacial score (nSPS) is 17.9. The van der Waals surface area contributed by atoms with Gasteiger partial charge in [0.05, 0.1) is 0 Å². The van der Waals surface area contributed by atoms with Crippen LogP contribution in [-0.4, -0.2) is 78.8 Å². The van der Waals surface area contributed by atoms with Gasteiger partial charge in [-0.25, -0.2) is 4.79 Å². The van der Waals surface area contributed by atoms with E-state index in [2.05, 4.69) is 34.1 Å². The van der Waals surface area contributed by atoms with Crippen molar-refractivity contribution in [2.45, 2.75) is 39.3 Å². The zero-order chi connectivity index (χ0) is 19.7. The van der Waals surface area contributed by atoms with Gasteiger partial charge in [-0.1, -0.05) is 30.3 Å². The second-order valence-electron chi connectivity index (χ2n) is 8.21. The molecule has 0 atom stereocenters. The average Bonchev–Trinajstić information content (AvgIpc) is 2.70. The summed E-state index contributed by atoms with van der Waals surface area (Å²) >= 11 is 0. The second kappa shape index (κ2) is 10.6. The number of carbonyl (C=O) groups is 1. The summed E-state index contributed by atoms with van der Waals surface area (Å²) in [5.41, 5.74) is 6.53. The van der Waals surface area contributed by atoms with Crippen molar-refractivity contribution in [2.24, 2.45) is 5.73 Å². The number of amides is 1. The summed E-state index contributed by atoms with van der Waals surface area (Å²) < 4.78 is 5.61. The molecule has 2 rings (SSSR count). The van der Waals surface area contributed by atoms with E-state index in [9.17, 15) is 4.79 Å². The van der Waals surface area contributed by atoms with Gasteiger partial charge in [0, 0.05) is 45.8 Å². The third kappa shape index (κ3) is 8.28. The third-order valence-electron chi connectivity index (χ3n) is 4.68. The molecule has 0 radical (unpaired) electrons. The predicted molar refractivity (Wildman–Crippen MR) is 110 cm³/mol. The van der Waals surface area contributed by atoms with Gasteiger partial charge >= 0.3 is 6.09 Å². The molecule has 152 valence electrons. The van der Waals surface area contributed by atoms with Gasteiger partial charge in [0.2, 0.25) is 0 Å². The molecule has 1 heterocycles. The molecule has 1 aliphatic heterocycles. The Labute approximate surface area is 164 Å². The van der Waals surface area contributed by atoms with Gasteiger partial charge in [-0.3, -0.25) is 4.90 Å². The lowest BCUT2D eigenvalue weighted by molar-refractivity contribution is 0.0230. The van der Waals surface area contributed by atoms with E-state index < -0.39 is 5.60 Å². The van der Waals surface area contributed by atoms with Crippen LogP contribution in [0.15, 0.2) is 30.3 Å². The maximum absolute atomic E-state index is 12.6. The van der Waals surface area contributed by atoms with Crippen LogP contribution in [0, 0.1) is 0 Å². The Morgan fingerprint density at radius 2 is 1.59 bits per heavy atom. The molecule has 1 fully saturated rings. The van der Waals surface area contributed by atoms with E-state index in [0.29, 0.717) is 19.6 Å². The first-order valence-corrected chi connectivity index (χ1v) is 10.0. The van der Waals surface area contributed by atoms with Crippen LogP contribution in [-0.2, 0) is 11.3 Å². The number of rotatable bonds is 5. The van der Waals surface area contributed by atoms with Crippen molar-refractivity contribution in [3.63, 3.8) is 0 Å². The molecular formula is C21H36N4O2. The first-order chi connectivity index (χ1) is 12.9. The number of hydrogen-bond acceptors (Lipinski definition) is 5. The van der Waals surface area contributed by atoms with Crippen molar-refractivity contribution in [2.75, 3.05) is 52.4 Å². The van der Waals surface area contributed by atoms with E-state index in [1.54, 1.807) is 0 Å². The summed E-state index contributed by atoms with van der Waals surface area (Å²) in [6.07, 6.45) is 0.758. The van der Waals surface area contributed by atoms with Crippen LogP contribution in [0.4, 0.5) is 4.79 Å². The Morgan fingerprint density at radius 1 is 1.00 bits per heavy atom. The Hall–Kier alpha value is -1.63. The minimum absolute atomic E-state index is 0.220.